The first-order valence-corrected chi connectivity index (χ1v) is 4.72. The third-order valence-electron chi connectivity index (χ3n) is 1.37. The summed E-state index contributed by atoms with van der Waals surface area (Å²) in [5.41, 5.74) is 0.109. The first-order valence-electron chi connectivity index (χ1n) is 3.93. The lowest BCUT2D eigenvalue weighted by atomic mass is 10.5. The van der Waals surface area contributed by atoms with Crippen molar-refractivity contribution >= 4 is 22.0 Å². The second kappa shape index (κ2) is 4.80. The van der Waals surface area contributed by atoms with Crippen molar-refractivity contribution in [1.29, 1.82) is 0 Å². The molecular formula is C8H9BrN2O3. The Balaban J connectivity index is 3.06. The largest absolute Gasteiger partial charge is 0.448 e. The molecule has 6 heteroatoms. The van der Waals surface area contributed by atoms with E-state index in [0.29, 0.717) is 4.60 Å². The van der Waals surface area contributed by atoms with Crippen LogP contribution in [0, 0.1) is 0 Å². The van der Waals surface area contributed by atoms with Gasteiger partial charge in [-0.3, -0.25) is 0 Å². The fourth-order valence-corrected chi connectivity index (χ4v) is 1.13. The molecule has 0 aromatic carbocycles. The van der Waals surface area contributed by atoms with Crippen LogP contribution in [0.2, 0.25) is 0 Å². The zero-order valence-corrected chi connectivity index (χ0v) is 9.06. The van der Waals surface area contributed by atoms with Crippen LogP contribution in [0.3, 0.4) is 0 Å². The molecule has 1 amide bonds. The Morgan fingerprint density at radius 2 is 2.43 bits per heavy atom. The van der Waals surface area contributed by atoms with Crippen LogP contribution in [0.4, 0.5) is 4.79 Å². The molecule has 1 aromatic rings. The minimum absolute atomic E-state index is 0.109. The number of rotatable bonds is 1. The highest BCUT2D eigenvalue weighted by Crippen LogP contribution is 2.02. The maximum absolute atomic E-state index is 10.9. The van der Waals surface area contributed by atoms with Crippen LogP contribution >= 0.6 is 15.9 Å². The Bertz CT molecular complexity index is 400. The van der Waals surface area contributed by atoms with Gasteiger partial charge in [-0.05, 0) is 35.0 Å². The Hall–Kier alpha value is -1.30. The molecule has 0 saturated heterocycles. The predicted octanol–water partition coefficient (Wildman–Crippen LogP) is 1.55. The smallest absolute Gasteiger partial charge is 0.435 e. The fraction of sp³-hybridized carbons (Fsp3) is 0.250. The number of amides is 1. The monoisotopic (exact) mass is 260 g/mol. The van der Waals surface area contributed by atoms with E-state index in [4.69, 9.17) is 0 Å². The van der Waals surface area contributed by atoms with E-state index in [1.165, 1.54) is 6.07 Å². The summed E-state index contributed by atoms with van der Waals surface area (Å²) in [6.07, 6.45) is -0.728. The molecule has 0 unspecified atom stereocenters. The van der Waals surface area contributed by atoms with Crippen LogP contribution in [0.1, 0.15) is 6.92 Å². The van der Waals surface area contributed by atoms with Gasteiger partial charge in [-0.1, -0.05) is 6.07 Å². The van der Waals surface area contributed by atoms with Crippen LogP contribution in [0.5, 0.6) is 0 Å². The van der Waals surface area contributed by atoms with Gasteiger partial charge in [0.2, 0.25) is 0 Å². The standard InChI is InChI=1S/C8H9BrN2O3/c1-2-14-8(12)10-7-5-3-4-6(9)11(7)13/h3-5,13H,2H2,1H3. The topological polar surface area (TPSA) is 63.8 Å². The van der Waals surface area contributed by atoms with Gasteiger partial charge in [-0.15, -0.1) is 0 Å². The van der Waals surface area contributed by atoms with E-state index in [2.05, 4.69) is 25.7 Å². The number of hydrogen-bond donors (Lipinski definition) is 1. The molecule has 0 saturated carbocycles. The van der Waals surface area contributed by atoms with E-state index in [1.54, 1.807) is 19.1 Å². The van der Waals surface area contributed by atoms with Gasteiger partial charge in [0, 0.05) is 0 Å². The van der Waals surface area contributed by atoms with Gasteiger partial charge >= 0.3 is 6.09 Å². The molecule has 0 fully saturated rings. The Morgan fingerprint density at radius 3 is 3.07 bits per heavy atom. The lowest BCUT2D eigenvalue weighted by Crippen LogP contribution is -2.20. The van der Waals surface area contributed by atoms with Gasteiger partial charge in [-0.25, -0.2) is 4.79 Å². The highest BCUT2D eigenvalue weighted by molar-refractivity contribution is 9.10. The van der Waals surface area contributed by atoms with Crippen molar-refractivity contribution in [3.05, 3.63) is 28.3 Å². The van der Waals surface area contributed by atoms with Gasteiger partial charge < -0.3 is 9.94 Å². The normalized spacial score (nSPS) is 11.4. The highest BCUT2D eigenvalue weighted by Gasteiger charge is 1.99. The lowest BCUT2D eigenvalue weighted by Gasteiger charge is -2.00. The summed E-state index contributed by atoms with van der Waals surface area (Å²) in [7, 11) is 0. The lowest BCUT2D eigenvalue weighted by molar-refractivity contribution is 0.151. The minimum Gasteiger partial charge on any atom is -0.448 e. The van der Waals surface area contributed by atoms with Crippen LogP contribution in [-0.2, 0) is 4.74 Å². The molecule has 0 spiro atoms. The number of pyridine rings is 1. The second-order valence-electron chi connectivity index (χ2n) is 2.33. The number of hydrogen-bond acceptors (Lipinski definition) is 3. The van der Waals surface area contributed by atoms with Crippen LogP contribution < -0.4 is 5.49 Å². The molecule has 14 heavy (non-hydrogen) atoms. The molecule has 1 aromatic heterocycles. The minimum atomic E-state index is -0.728. The molecule has 0 aliphatic carbocycles. The average molecular weight is 261 g/mol. The summed E-state index contributed by atoms with van der Waals surface area (Å²) in [4.78, 5) is 14.5. The van der Waals surface area contributed by atoms with E-state index >= 15 is 0 Å². The van der Waals surface area contributed by atoms with Crippen LogP contribution in [0.15, 0.2) is 27.8 Å². The Labute approximate surface area is 88.7 Å². The summed E-state index contributed by atoms with van der Waals surface area (Å²) in [5, 5.41) is 9.38. The van der Waals surface area contributed by atoms with Gasteiger partial charge in [0.1, 0.15) is 4.60 Å². The predicted molar refractivity (Wildman–Crippen MR) is 51.9 cm³/mol. The summed E-state index contributed by atoms with van der Waals surface area (Å²) < 4.78 is 5.75. The number of aromatic nitrogens is 1. The number of ether oxygens (including phenoxy) is 1. The molecule has 5 nitrogen and oxygen atoms in total. The maximum Gasteiger partial charge on any atom is 0.435 e. The first kappa shape index (κ1) is 10.8. The highest BCUT2D eigenvalue weighted by atomic mass is 79.9. The molecule has 0 aliphatic rings. The summed E-state index contributed by atoms with van der Waals surface area (Å²) >= 11 is 3.08. The number of carbonyl (C=O) groups is 1. The zero-order chi connectivity index (χ0) is 10.6. The van der Waals surface area contributed by atoms with Crippen molar-refractivity contribution in [3.8, 4) is 0 Å². The van der Waals surface area contributed by atoms with Crippen molar-refractivity contribution < 1.29 is 14.7 Å². The third kappa shape index (κ3) is 2.59. The molecule has 1 heterocycles. The number of nitrogens with zero attached hydrogens (tertiary/aromatic N) is 2. The Kier molecular flexibility index (Phi) is 3.70. The van der Waals surface area contributed by atoms with Gasteiger partial charge in [0.05, 0.1) is 6.61 Å². The van der Waals surface area contributed by atoms with Gasteiger partial charge in [-0.2, -0.15) is 9.72 Å². The zero-order valence-electron chi connectivity index (χ0n) is 7.48. The summed E-state index contributed by atoms with van der Waals surface area (Å²) in [6.45, 7) is 1.93. The van der Waals surface area contributed by atoms with Crippen molar-refractivity contribution in [2.45, 2.75) is 6.92 Å². The molecule has 0 radical (unpaired) electrons. The van der Waals surface area contributed by atoms with Crippen molar-refractivity contribution in [2.75, 3.05) is 6.61 Å². The molecule has 0 aliphatic heterocycles. The van der Waals surface area contributed by atoms with Gasteiger partial charge in [0.25, 0.3) is 0 Å². The maximum atomic E-state index is 10.9. The molecule has 1 rings (SSSR count). The molecule has 1 N–H and O–H groups in total. The van der Waals surface area contributed by atoms with E-state index in [1.807, 2.05) is 0 Å². The molecule has 76 valence electrons. The van der Waals surface area contributed by atoms with Crippen molar-refractivity contribution in [2.24, 2.45) is 4.99 Å². The fourth-order valence-electron chi connectivity index (χ4n) is 0.798. The van der Waals surface area contributed by atoms with Crippen molar-refractivity contribution in [1.82, 2.24) is 4.73 Å². The van der Waals surface area contributed by atoms with E-state index < -0.39 is 6.09 Å². The Morgan fingerprint density at radius 1 is 1.71 bits per heavy atom. The molecular weight excluding hydrogens is 252 g/mol. The van der Waals surface area contributed by atoms with E-state index in [-0.39, 0.29) is 12.1 Å². The van der Waals surface area contributed by atoms with E-state index in [9.17, 15) is 10.0 Å². The molecule has 0 atom stereocenters. The van der Waals surface area contributed by atoms with Crippen LogP contribution in [-0.4, -0.2) is 22.6 Å². The SMILES string of the molecule is CCOC(=O)N=c1cccc(Br)n1O. The van der Waals surface area contributed by atoms with Crippen LogP contribution in [0.25, 0.3) is 0 Å². The third-order valence-corrected chi connectivity index (χ3v) is 1.97. The quantitative estimate of drug-likeness (QED) is 0.616. The van der Waals surface area contributed by atoms with Crippen molar-refractivity contribution in [3.63, 3.8) is 0 Å². The van der Waals surface area contributed by atoms with E-state index in [0.717, 1.165) is 4.73 Å². The number of carbonyl (C=O) groups excluding carboxylic acids is 1. The summed E-state index contributed by atoms with van der Waals surface area (Å²) in [5.74, 6) is 0. The second-order valence-corrected chi connectivity index (χ2v) is 3.14. The average Bonchev–Trinajstić information content (AvgIpc) is 2.13. The molecule has 0 bridgehead atoms. The summed E-state index contributed by atoms with van der Waals surface area (Å²) in [6, 6.07) is 4.75. The van der Waals surface area contributed by atoms with Gasteiger partial charge in [0.15, 0.2) is 5.49 Å². The number of halogens is 1. The first-order chi connectivity index (χ1) is 6.65.